The summed E-state index contributed by atoms with van der Waals surface area (Å²) in [5, 5.41) is 1.01. The monoisotopic (exact) mass is 378 g/mol. The molecule has 4 heteroatoms. The molecule has 0 aliphatic heterocycles. The van der Waals surface area contributed by atoms with Gasteiger partial charge in [0.15, 0.2) is 0 Å². The smallest absolute Gasteiger partial charge is 0.343 e. The molecule has 0 aliphatic carbocycles. The predicted molar refractivity (Wildman–Crippen MR) is 115 cm³/mol. The highest BCUT2D eigenvalue weighted by Gasteiger charge is 2.15. The molecule has 0 saturated heterocycles. The third kappa shape index (κ3) is 4.82. The first-order chi connectivity index (χ1) is 13.6. The molecule has 148 valence electrons. The van der Waals surface area contributed by atoms with E-state index in [4.69, 9.17) is 4.74 Å². The average molecular weight is 379 g/mol. The first-order valence-corrected chi connectivity index (χ1v) is 10.2. The maximum Gasteiger partial charge on any atom is 0.343 e. The Morgan fingerprint density at radius 2 is 1.71 bits per heavy atom. The van der Waals surface area contributed by atoms with Gasteiger partial charge >= 0.3 is 5.97 Å². The van der Waals surface area contributed by atoms with Crippen molar-refractivity contribution in [1.29, 1.82) is 0 Å². The number of H-pyrrole nitrogens is 1. The van der Waals surface area contributed by atoms with E-state index in [-0.39, 0.29) is 5.97 Å². The number of rotatable bonds is 9. The number of carbonyl (C=O) groups is 1. The quantitative estimate of drug-likeness (QED) is 0.403. The van der Waals surface area contributed by atoms with E-state index in [0.717, 1.165) is 55.4 Å². The molecule has 3 aromatic rings. The third-order valence-electron chi connectivity index (χ3n) is 5.02. The second-order valence-electron chi connectivity index (χ2n) is 7.34. The van der Waals surface area contributed by atoms with Crippen molar-refractivity contribution in [2.75, 3.05) is 19.6 Å². The zero-order valence-corrected chi connectivity index (χ0v) is 17.1. The van der Waals surface area contributed by atoms with Crippen molar-refractivity contribution in [3.8, 4) is 5.75 Å². The van der Waals surface area contributed by atoms with Gasteiger partial charge in [-0.2, -0.15) is 0 Å². The SMILES string of the molecule is CCCN(CCC)CCc1c[nH]c2cccc(OC(=O)c3ccc(C)cc3)c12. The summed E-state index contributed by atoms with van der Waals surface area (Å²) in [7, 11) is 0. The van der Waals surface area contributed by atoms with Crippen LogP contribution < -0.4 is 4.74 Å². The molecular weight excluding hydrogens is 348 g/mol. The maximum absolute atomic E-state index is 12.6. The lowest BCUT2D eigenvalue weighted by Crippen LogP contribution is -2.27. The number of ether oxygens (including phenoxy) is 1. The Labute approximate surface area is 167 Å². The molecule has 1 N–H and O–H groups in total. The first-order valence-electron chi connectivity index (χ1n) is 10.2. The summed E-state index contributed by atoms with van der Waals surface area (Å²) < 4.78 is 5.78. The van der Waals surface area contributed by atoms with Crippen molar-refractivity contribution in [1.82, 2.24) is 9.88 Å². The number of esters is 1. The number of hydrogen-bond acceptors (Lipinski definition) is 3. The minimum Gasteiger partial charge on any atom is -0.422 e. The van der Waals surface area contributed by atoms with Crippen LogP contribution in [0.4, 0.5) is 0 Å². The molecule has 0 unspecified atom stereocenters. The largest absolute Gasteiger partial charge is 0.422 e. The summed E-state index contributed by atoms with van der Waals surface area (Å²) in [5.41, 5.74) is 3.88. The fourth-order valence-electron chi connectivity index (χ4n) is 3.60. The van der Waals surface area contributed by atoms with Crippen molar-refractivity contribution < 1.29 is 9.53 Å². The zero-order chi connectivity index (χ0) is 19.9. The third-order valence-corrected chi connectivity index (χ3v) is 5.02. The van der Waals surface area contributed by atoms with Crippen LogP contribution in [0.3, 0.4) is 0 Å². The summed E-state index contributed by atoms with van der Waals surface area (Å²) in [4.78, 5) is 18.4. The van der Waals surface area contributed by atoms with Crippen LogP contribution in [0.15, 0.2) is 48.7 Å². The van der Waals surface area contributed by atoms with E-state index in [0.29, 0.717) is 11.3 Å². The minimum atomic E-state index is -0.321. The van der Waals surface area contributed by atoms with Gasteiger partial charge in [0.05, 0.1) is 5.56 Å². The van der Waals surface area contributed by atoms with Crippen molar-refractivity contribution >= 4 is 16.9 Å². The summed E-state index contributed by atoms with van der Waals surface area (Å²) in [5.74, 6) is 0.301. The molecule has 4 nitrogen and oxygen atoms in total. The fourth-order valence-corrected chi connectivity index (χ4v) is 3.60. The van der Waals surface area contributed by atoms with E-state index in [1.165, 1.54) is 5.56 Å². The minimum absolute atomic E-state index is 0.321. The van der Waals surface area contributed by atoms with Crippen LogP contribution in [0.2, 0.25) is 0 Å². The molecule has 0 aliphatic rings. The Bertz CT molecular complexity index is 906. The summed E-state index contributed by atoms with van der Waals surface area (Å²) >= 11 is 0. The van der Waals surface area contributed by atoms with Crippen molar-refractivity contribution in [2.45, 2.75) is 40.0 Å². The molecule has 0 radical (unpaired) electrons. The highest BCUT2D eigenvalue weighted by molar-refractivity contribution is 5.96. The van der Waals surface area contributed by atoms with Crippen LogP contribution in [0.25, 0.3) is 10.9 Å². The van der Waals surface area contributed by atoms with E-state index in [1.807, 2.05) is 55.6 Å². The summed E-state index contributed by atoms with van der Waals surface area (Å²) in [6, 6.07) is 13.3. The van der Waals surface area contributed by atoms with Gasteiger partial charge in [-0.25, -0.2) is 4.79 Å². The van der Waals surface area contributed by atoms with Crippen LogP contribution in [0.5, 0.6) is 5.75 Å². The van der Waals surface area contributed by atoms with E-state index in [9.17, 15) is 4.79 Å². The van der Waals surface area contributed by atoms with Gasteiger partial charge < -0.3 is 14.6 Å². The summed E-state index contributed by atoms with van der Waals surface area (Å²) in [6.45, 7) is 9.68. The van der Waals surface area contributed by atoms with Gasteiger partial charge in [0.1, 0.15) is 5.75 Å². The highest BCUT2D eigenvalue weighted by atomic mass is 16.5. The molecule has 0 spiro atoms. The van der Waals surface area contributed by atoms with E-state index < -0.39 is 0 Å². The Morgan fingerprint density at radius 1 is 1.00 bits per heavy atom. The maximum atomic E-state index is 12.6. The van der Waals surface area contributed by atoms with E-state index in [2.05, 4.69) is 23.7 Å². The average Bonchev–Trinajstić information content (AvgIpc) is 3.11. The number of carbonyl (C=O) groups excluding carboxylic acids is 1. The molecule has 2 aromatic carbocycles. The molecule has 0 amide bonds. The second-order valence-corrected chi connectivity index (χ2v) is 7.34. The Balaban J connectivity index is 1.80. The highest BCUT2D eigenvalue weighted by Crippen LogP contribution is 2.30. The standard InChI is InChI=1S/C24H30N2O2/c1-4-14-26(15-5-2)16-13-20-17-25-21-7-6-8-22(23(20)21)28-24(27)19-11-9-18(3)10-12-19/h6-12,17,25H,4-5,13-16H2,1-3H3. The number of benzene rings is 2. The lowest BCUT2D eigenvalue weighted by Gasteiger charge is -2.20. The number of fused-ring (bicyclic) bond motifs is 1. The van der Waals surface area contributed by atoms with Gasteiger partial charge in [0.2, 0.25) is 0 Å². The molecule has 3 rings (SSSR count). The molecule has 28 heavy (non-hydrogen) atoms. The van der Waals surface area contributed by atoms with Gasteiger partial charge in [0.25, 0.3) is 0 Å². The predicted octanol–water partition coefficient (Wildman–Crippen LogP) is 5.36. The van der Waals surface area contributed by atoms with Gasteiger partial charge in [0, 0.05) is 23.6 Å². The molecular formula is C24H30N2O2. The van der Waals surface area contributed by atoms with Crippen molar-refractivity contribution in [3.05, 3.63) is 65.4 Å². The number of hydrogen-bond donors (Lipinski definition) is 1. The summed E-state index contributed by atoms with van der Waals surface area (Å²) in [6.07, 6.45) is 5.30. The molecule has 1 heterocycles. The number of aryl methyl sites for hydroxylation is 1. The Kier molecular flexibility index (Phi) is 6.88. The van der Waals surface area contributed by atoms with Crippen LogP contribution >= 0.6 is 0 Å². The number of nitrogens with one attached hydrogen (secondary N) is 1. The topological polar surface area (TPSA) is 45.3 Å². The Morgan fingerprint density at radius 3 is 2.39 bits per heavy atom. The fraction of sp³-hybridized carbons (Fsp3) is 0.375. The van der Waals surface area contributed by atoms with Crippen LogP contribution in [-0.2, 0) is 6.42 Å². The van der Waals surface area contributed by atoms with Crippen LogP contribution in [0.1, 0.15) is 48.2 Å². The van der Waals surface area contributed by atoms with Gasteiger partial charge in [-0.05, 0) is 69.1 Å². The first kappa shape index (κ1) is 20.2. The van der Waals surface area contributed by atoms with Gasteiger partial charge in [-0.3, -0.25) is 0 Å². The second kappa shape index (κ2) is 9.56. The lowest BCUT2D eigenvalue weighted by atomic mass is 10.1. The van der Waals surface area contributed by atoms with Crippen molar-refractivity contribution in [3.63, 3.8) is 0 Å². The van der Waals surface area contributed by atoms with Crippen LogP contribution in [-0.4, -0.2) is 35.5 Å². The lowest BCUT2D eigenvalue weighted by molar-refractivity contribution is 0.0737. The molecule has 0 atom stereocenters. The molecule has 0 bridgehead atoms. The zero-order valence-electron chi connectivity index (χ0n) is 17.1. The van der Waals surface area contributed by atoms with Gasteiger partial charge in [-0.1, -0.05) is 37.6 Å². The van der Waals surface area contributed by atoms with Gasteiger partial charge in [-0.15, -0.1) is 0 Å². The molecule has 0 saturated carbocycles. The molecule has 0 fully saturated rings. The number of aromatic amines is 1. The number of aromatic nitrogens is 1. The Hall–Kier alpha value is -2.59. The normalized spacial score (nSPS) is 11.3. The van der Waals surface area contributed by atoms with E-state index in [1.54, 1.807) is 0 Å². The van der Waals surface area contributed by atoms with E-state index >= 15 is 0 Å². The van der Waals surface area contributed by atoms with Crippen molar-refractivity contribution in [2.24, 2.45) is 0 Å². The number of nitrogens with zero attached hydrogens (tertiary/aromatic N) is 1. The molecule has 1 aromatic heterocycles. The van der Waals surface area contributed by atoms with Crippen LogP contribution in [0, 0.1) is 6.92 Å².